The molecule has 0 unspecified atom stereocenters. The minimum atomic E-state index is 0.634. The second-order valence-corrected chi connectivity index (χ2v) is 8.36. The van der Waals surface area contributed by atoms with Crippen LogP contribution in [0, 0.1) is 6.92 Å². The van der Waals surface area contributed by atoms with E-state index in [2.05, 4.69) is 21.4 Å². The molecule has 2 aromatic heterocycles. The van der Waals surface area contributed by atoms with Gasteiger partial charge in [-0.15, -0.1) is 23.1 Å². The molecule has 0 bridgehead atoms. The largest absolute Gasteiger partial charge is 0.496 e. The number of para-hydroxylation sites is 2. The van der Waals surface area contributed by atoms with Crippen molar-refractivity contribution in [3.05, 3.63) is 83.5 Å². The van der Waals surface area contributed by atoms with Gasteiger partial charge >= 0.3 is 0 Å². The van der Waals surface area contributed by atoms with Crippen LogP contribution in [0.15, 0.2) is 77.1 Å². The molecular weight excluding hydrogens is 414 g/mol. The molecule has 4 rings (SSSR count). The van der Waals surface area contributed by atoms with E-state index in [4.69, 9.17) is 9.47 Å². The first-order valence-electron chi connectivity index (χ1n) is 9.38. The van der Waals surface area contributed by atoms with Crippen molar-refractivity contribution in [2.75, 3.05) is 12.4 Å². The van der Waals surface area contributed by atoms with E-state index in [0.29, 0.717) is 11.6 Å². The molecule has 152 valence electrons. The molecule has 0 spiro atoms. The Morgan fingerprint density at radius 3 is 2.60 bits per heavy atom. The van der Waals surface area contributed by atoms with Crippen molar-refractivity contribution < 1.29 is 9.47 Å². The highest BCUT2D eigenvalue weighted by Gasteiger charge is 2.12. The summed E-state index contributed by atoms with van der Waals surface area (Å²) in [5.41, 5.74) is 2.10. The van der Waals surface area contributed by atoms with Crippen LogP contribution in [0.5, 0.6) is 17.2 Å². The predicted octanol–water partition coefficient (Wildman–Crippen LogP) is 6.68. The van der Waals surface area contributed by atoms with E-state index in [9.17, 15) is 0 Å². The van der Waals surface area contributed by atoms with Gasteiger partial charge < -0.3 is 14.8 Å². The Kier molecular flexibility index (Phi) is 6.51. The Hall–Kier alpha value is -3.03. The van der Waals surface area contributed by atoms with Gasteiger partial charge in [0.2, 0.25) is 0 Å². The second kappa shape index (κ2) is 9.65. The Labute approximate surface area is 184 Å². The fraction of sp³-hybridized carbons (Fsp3) is 0.130. The van der Waals surface area contributed by atoms with Crippen molar-refractivity contribution in [2.24, 2.45) is 0 Å². The molecule has 0 aliphatic rings. The van der Waals surface area contributed by atoms with Crippen LogP contribution in [-0.4, -0.2) is 17.1 Å². The van der Waals surface area contributed by atoms with Gasteiger partial charge in [0.05, 0.1) is 12.8 Å². The molecule has 0 radical (unpaired) electrons. The zero-order chi connectivity index (χ0) is 20.8. The van der Waals surface area contributed by atoms with Crippen molar-refractivity contribution in [1.82, 2.24) is 9.97 Å². The Morgan fingerprint density at radius 2 is 1.83 bits per heavy atom. The van der Waals surface area contributed by atoms with E-state index >= 15 is 0 Å². The van der Waals surface area contributed by atoms with Gasteiger partial charge in [-0.25, -0.2) is 9.97 Å². The summed E-state index contributed by atoms with van der Waals surface area (Å²) in [6, 6.07) is 19.7. The maximum Gasteiger partial charge on any atom is 0.188 e. The molecule has 2 heterocycles. The molecule has 0 saturated heterocycles. The molecule has 0 fully saturated rings. The normalized spacial score (nSPS) is 10.6. The molecule has 0 amide bonds. The van der Waals surface area contributed by atoms with Crippen LogP contribution in [0.4, 0.5) is 10.9 Å². The van der Waals surface area contributed by atoms with Gasteiger partial charge in [-0.3, -0.25) is 0 Å². The lowest BCUT2D eigenvalue weighted by Crippen LogP contribution is -1.98. The quantitative estimate of drug-likeness (QED) is 0.311. The molecular formula is C23H21N3O2S2. The van der Waals surface area contributed by atoms with Crippen LogP contribution in [0.3, 0.4) is 0 Å². The van der Waals surface area contributed by atoms with Crippen LogP contribution >= 0.6 is 23.1 Å². The lowest BCUT2D eigenvalue weighted by Gasteiger charge is -2.13. The molecule has 1 N–H and O–H groups in total. The van der Waals surface area contributed by atoms with Gasteiger partial charge in [-0.1, -0.05) is 36.4 Å². The summed E-state index contributed by atoms with van der Waals surface area (Å²) in [5.74, 6) is 3.70. The third-order valence-corrected chi connectivity index (χ3v) is 6.12. The Bertz CT molecular complexity index is 1120. The number of nitrogens with one attached hydrogen (secondary N) is 1. The number of aromatic nitrogens is 2. The molecule has 0 atom stereocenters. The Morgan fingerprint density at radius 1 is 1.03 bits per heavy atom. The van der Waals surface area contributed by atoms with Crippen molar-refractivity contribution >= 4 is 34.0 Å². The van der Waals surface area contributed by atoms with E-state index in [1.165, 1.54) is 11.3 Å². The fourth-order valence-corrected chi connectivity index (χ4v) is 4.35. The standard InChI is InChI=1S/C23H21N3O2S2/c1-16-14-30-23(25-16)26-22-21(28-18-9-4-3-5-10-18)12-19(13-24-22)29-15-17-8-6-7-11-20(17)27-2/h3-14H,15H2,1-2H3,(H,24,25,26). The topological polar surface area (TPSA) is 56.3 Å². The first-order chi connectivity index (χ1) is 14.7. The smallest absolute Gasteiger partial charge is 0.188 e. The number of thioether (sulfide) groups is 1. The average molecular weight is 436 g/mol. The van der Waals surface area contributed by atoms with Crippen LogP contribution < -0.4 is 14.8 Å². The van der Waals surface area contributed by atoms with Gasteiger partial charge in [0, 0.05) is 27.8 Å². The number of hydrogen-bond acceptors (Lipinski definition) is 7. The third kappa shape index (κ3) is 5.11. The van der Waals surface area contributed by atoms with Crippen molar-refractivity contribution in [3.8, 4) is 17.2 Å². The Balaban J connectivity index is 1.58. The maximum atomic E-state index is 6.14. The van der Waals surface area contributed by atoms with Crippen molar-refractivity contribution in [2.45, 2.75) is 17.6 Å². The third-order valence-electron chi connectivity index (χ3n) is 4.23. The highest BCUT2D eigenvalue weighted by molar-refractivity contribution is 7.98. The summed E-state index contributed by atoms with van der Waals surface area (Å²) in [6.45, 7) is 1.97. The first-order valence-corrected chi connectivity index (χ1v) is 11.2. The molecule has 30 heavy (non-hydrogen) atoms. The number of methoxy groups -OCH3 is 1. The minimum Gasteiger partial charge on any atom is -0.496 e. The molecule has 2 aromatic carbocycles. The average Bonchev–Trinajstić information content (AvgIpc) is 3.19. The number of pyridine rings is 1. The predicted molar refractivity (Wildman–Crippen MR) is 123 cm³/mol. The lowest BCUT2D eigenvalue weighted by atomic mass is 10.2. The second-order valence-electron chi connectivity index (χ2n) is 6.45. The number of aryl methyl sites for hydroxylation is 1. The molecule has 0 aliphatic heterocycles. The summed E-state index contributed by atoms with van der Waals surface area (Å²) in [7, 11) is 1.69. The van der Waals surface area contributed by atoms with Crippen molar-refractivity contribution in [1.29, 1.82) is 0 Å². The molecule has 7 heteroatoms. The number of ether oxygens (including phenoxy) is 2. The van der Waals surface area contributed by atoms with E-state index in [1.807, 2.05) is 73.1 Å². The van der Waals surface area contributed by atoms with Gasteiger partial charge in [0.15, 0.2) is 16.7 Å². The minimum absolute atomic E-state index is 0.634. The van der Waals surface area contributed by atoms with E-state index in [0.717, 1.165) is 38.5 Å². The summed E-state index contributed by atoms with van der Waals surface area (Å²) in [4.78, 5) is 10.1. The molecule has 0 saturated carbocycles. The van der Waals surface area contributed by atoms with Gasteiger partial charge in [0.25, 0.3) is 0 Å². The van der Waals surface area contributed by atoms with Gasteiger partial charge in [0.1, 0.15) is 11.5 Å². The molecule has 4 aromatic rings. The van der Waals surface area contributed by atoms with Gasteiger partial charge in [-0.2, -0.15) is 0 Å². The number of nitrogens with zero attached hydrogens (tertiary/aromatic N) is 2. The van der Waals surface area contributed by atoms with Crippen LogP contribution in [-0.2, 0) is 5.75 Å². The van der Waals surface area contributed by atoms with Crippen molar-refractivity contribution in [3.63, 3.8) is 0 Å². The number of anilines is 2. The molecule has 0 aliphatic carbocycles. The number of thiazole rings is 1. The van der Waals surface area contributed by atoms with Gasteiger partial charge in [-0.05, 0) is 31.2 Å². The monoisotopic (exact) mass is 435 g/mol. The SMILES string of the molecule is COc1ccccc1CSc1cnc(Nc2nc(C)cs2)c(Oc2ccccc2)c1. The van der Waals surface area contributed by atoms with E-state index in [1.54, 1.807) is 18.9 Å². The highest BCUT2D eigenvalue weighted by atomic mass is 32.2. The number of benzene rings is 2. The summed E-state index contributed by atoms with van der Waals surface area (Å²) >= 11 is 3.22. The van der Waals surface area contributed by atoms with Crippen LogP contribution in [0.1, 0.15) is 11.3 Å². The van der Waals surface area contributed by atoms with Crippen LogP contribution in [0.2, 0.25) is 0 Å². The highest BCUT2D eigenvalue weighted by Crippen LogP contribution is 2.36. The number of rotatable bonds is 8. The lowest BCUT2D eigenvalue weighted by molar-refractivity contribution is 0.411. The summed E-state index contributed by atoms with van der Waals surface area (Å²) in [6.07, 6.45) is 1.85. The maximum absolute atomic E-state index is 6.14. The number of hydrogen-bond donors (Lipinski definition) is 1. The summed E-state index contributed by atoms with van der Waals surface area (Å²) in [5, 5.41) is 6.06. The zero-order valence-corrected chi connectivity index (χ0v) is 18.3. The first kappa shape index (κ1) is 20.3. The molecule has 5 nitrogen and oxygen atoms in total. The fourth-order valence-electron chi connectivity index (χ4n) is 2.79. The summed E-state index contributed by atoms with van der Waals surface area (Å²) < 4.78 is 11.6. The van der Waals surface area contributed by atoms with E-state index < -0.39 is 0 Å². The van der Waals surface area contributed by atoms with E-state index in [-0.39, 0.29) is 0 Å². The van der Waals surface area contributed by atoms with Crippen LogP contribution in [0.25, 0.3) is 0 Å². The zero-order valence-electron chi connectivity index (χ0n) is 16.7.